The lowest BCUT2D eigenvalue weighted by Gasteiger charge is -2.00. The maximum absolute atomic E-state index is 13.9. The molecule has 152 valence electrons. The number of carbonyl (C=O) groups is 1. The Hall–Kier alpha value is -2.82. The predicted molar refractivity (Wildman–Crippen MR) is 112 cm³/mol. The van der Waals surface area contributed by atoms with Crippen LogP contribution in [0.25, 0.3) is 22.7 Å². The van der Waals surface area contributed by atoms with Crippen molar-refractivity contribution in [3.8, 4) is 22.7 Å². The summed E-state index contributed by atoms with van der Waals surface area (Å²) in [6.45, 7) is 0. The van der Waals surface area contributed by atoms with Gasteiger partial charge in [-0.1, -0.05) is 23.4 Å². The van der Waals surface area contributed by atoms with Crippen LogP contribution in [0.4, 0.5) is 13.9 Å². The largest absolute Gasteiger partial charge is 0.411 e. The molecule has 0 bridgehead atoms. The van der Waals surface area contributed by atoms with Gasteiger partial charge in [0.1, 0.15) is 11.6 Å². The molecule has 2 heterocycles. The van der Waals surface area contributed by atoms with E-state index in [1.807, 2.05) is 0 Å². The first-order chi connectivity index (χ1) is 14.5. The number of hydrogen-bond donors (Lipinski definition) is 1. The Kier molecular flexibility index (Phi) is 6.07. The molecule has 30 heavy (non-hydrogen) atoms. The summed E-state index contributed by atoms with van der Waals surface area (Å²) in [6.07, 6.45) is 0. The standard InChI is InChI=1S/C19H11ClF2N4O2S2/c20-11-3-1-10(2-4-11)17-25-26-19(28-17)30-9-16(27)24-18-23-15(8-29-18)13-7-12(21)5-6-14(13)22/h1-8H,9H2,(H,23,24,27). The van der Waals surface area contributed by atoms with Gasteiger partial charge in [-0.2, -0.15) is 0 Å². The molecule has 4 aromatic rings. The number of anilines is 1. The Labute approximate surface area is 182 Å². The lowest BCUT2D eigenvalue weighted by Crippen LogP contribution is -2.13. The van der Waals surface area contributed by atoms with E-state index >= 15 is 0 Å². The minimum atomic E-state index is -0.594. The molecule has 0 fully saturated rings. The number of nitrogens with zero attached hydrogens (tertiary/aromatic N) is 3. The second-order valence-electron chi connectivity index (χ2n) is 5.88. The molecule has 0 saturated heterocycles. The minimum Gasteiger partial charge on any atom is -0.411 e. The molecular formula is C19H11ClF2N4O2S2. The fraction of sp³-hybridized carbons (Fsp3) is 0.0526. The van der Waals surface area contributed by atoms with E-state index in [1.54, 1.807) is 24.3 Å². The van der Waals surface area contributed by atoms with Gasteiger partial charge >= 0.3 is 0 Å². The van der Waals surface area contributed by atoms with E-state index in [9.17, 15) is 13.6 Å². The van der Waals surface area contributed by atoms with Crippen LogP contribution in [0, 0.1) is 11.6 Å². The topological polar surface area (TPSA) is 80.9 Å². The molecule has 6 nitrogen and oxygen atoms in total. The van der Waals surface area contributed by atoms with Crippen LogP contribution in [0.5, 0.6) is 0 Å². The predicted octanol–water partition coefficient (Wildman–Crippen LogP) is 5.52. The van der Waals surface area contributed by atoms with Crippen molar-refractivity contribution in [1.29, 1.82) is 0 Å². The molecule has 11 heteroatoms. The first kappa shape index (κ1) is 20.5. The van der Waals surface area contributed by atoms with Crippen LogP contribution in [-0.4, -0.2) is 26.8 Å². The lowest BCUT2D eigenvalue weighted by molar-refractivity contribution is -0.113. The molecule has 2 aromatic heterocycles. The Morgan fingerprint density at radius 3 is 2.77 bits per heavy atom. The van der Waals surface area contributed by atoms with E-state index in [2.05, 4.69) is 20.5 Å². The van der Waals surface area contributed by atoms with Crippen LogP contribution in [0.2, 0.25) is 5.02 Å². The van der Waals surface area contributed by atoms with Gasteiger partial charge in [-0.3, -0.25) is 4.79 Å². The van der Waals surface area contributed by atoms with Crippen molar-refractivity contribution in [1.82, 2.24) is 15.2 Å². The van der Waals surface area contributed by atoms with Gasteiger partial charge in [-0.25, -0.2) is 13.8 Å². The van der Waals surface area contributed by atoms with Crippen molar-refractivity contribution in [3.63, 3.8) is 0 Å². The minimum absolute atomic E-state index is 0.00545. The molecule has 1 amide bonds. The first-order valence-corrected chi connectivity index (χ1v) is 10.7. The number of thioether (sulfide) groups is 1. The average Bonchev–Trinajstić information content (AvgIpc) is 3.39. The molecule has 4 rings (SSSR count). The highest BCUT2D eigenvalue weighted by molar-refractivity contribution is 7.99. The number of amides is 1. The van der Waals surface area contributed by atoms with Crippen molar-refractivity contribution in [2.45, 2.75) is 5.22 Å². The number of halogens is 3. The summed E-state index contributed by atoms with van der Waals surface area (Å²) in [6, 6.07) is 10.0. The number of thiazole rings is 1. The third-order valence-electron chi connectivity index (χ3n) is 3.78. The van der Waals surface area contributed by atoms with Crippen LogP contribution in [-0.2, 0) is 4.79 Å². The number of aromatic nitrogens is 3. The number of benzene rings is 2. The van der Waals surface area contributed by atoms with Crippen molar-refractivity contribution < 1.29 is 18.0 Å². The summed E-state index contributed by atoms with van der Waals surface area (Å²) in [5, 5.41) is 13.1. The highest BCUT2D eigenvalue weighted by Crippen LogP contribution is 2.28. The monoisotopic (exact) mass is 464 g/mol. The van der Waals surface area contributed by atoms with Crippen LogP contribution in [0.3, 0.4) is 0 Å². The fourth-order valence-electron chi connectivity index (χ4n) is 2.41. The van der Waals surface area contributed by atoms with Crippen molar-refractivity contribution >= 4 is 45.7 Å². The highest BCUT2D eigenvalue weighted by atomic mass is 35.5. The van der Waals surface area contributed by atoms with Crippen LogP contribution in [0.1, 0.15) is 0 Å². The fourth-order valence-corrected chi connectivity index (χ4v) is 3.82. The summed E-state index contributed by atoms with van der Waals surface area (Å²) in [4.78, 5) is 16.3. The Morgan fingerprint density at radius 1 is 1.17 bits per heavy atom. The number of rotatable bonds is 6. The van der Waals surface area contributed by atoms with E-state index in [0.717, 1.165) is 41.3 Å². The Morgan fingerprint density at radius 2 is 1.97 bits per heavy atom. The van der Waals surface area contributed by atoms with E-state index < -0.39 is 11.6 Å². The number of carbonyl (C=O) groups excluding carboxylic acids is 1. The van der Waals surface area contributed by atoms with E-state index in [4.69, 9.17) is 16.0 Å². The summed E-state index contributed by atoms with van der Waals surface area (Å²) in [7, 11) is 0. The SMILES string of the molecule is O=C(CSc1nnc(-c2ccc(Cl)cc2)o1)Nc1nc(-c2cc(F)ccc2F)cs1. The van der Waals surface area contributed by atoms with E-state index in [1.165, 1.54) is 5.38 Å². The number of nitrogens with one attached hydrogen (secondary N) is 1. The van der Waals surface area contributed by atoms with Crippen LogP contribution >= 0.6 is 34.7 Å². The molecule has 0 aliphatic heterocycles. The average molecular weight is 465 g/mol. The molecule has 0 saturated carbocycles. The second kappa shape index (κ2) is 8.90. The van der Waals surface area contributed by atoms with Gasteiger partial charge in [0.25, 0.3) is 5.22 Å². The van der Waals surface area contributed by atoms with Gasteiger partial charge in [-0.05, 0) is 42.5 Å². The van der Waals surface area contributed by atoms with Crippen LogP contribution in [0.15, 0.2) is 57.5 Å². The summed E-state index contributed by atoms with van der Waals surface area (Å²) in [5.41, 5.74) is 0.981. The molecule has 0 spiro atoms. The molecule has 1 N–H and O–H groups in total. The first-order valence-electron chi connectivity index (χ1n) is 8.41. The molecule has 0 aliphatic rings. The lowest BCUT2D eigenvalue weighted by atomic mass is 10.1. The molecule has 0 radical (unpaired) electrons. The number of hydrogen-bond acceptors (Lipinski definition) is 7. The summed E-state index contributed by atoms with van der Waals surface area (Å²) in [5.74, 6) is -1.20. The summed E-state index contributed by atoms with van der Waals surface area (Å²) < 4.78 is 32.7. The van der Waals surface area contributed by atoms with Gasteiger partial charge < -0.3 is 9.73 Å². The zero-order valence-corrected chi connectivity index (χ0v) is 17.3. The highest BCUT2D eigenvalue weighted by Gasteiger charge is 2.14. The summed E-state index contributed by atoms with van der Waals surface area (Å²) >= 11 is 8.02. The molecular weight excluding hydrogens is 454 g/mol. The van der Waals surface area contributed by atoms with Gasteiger partial charge in [-0.15, -0.1) is 21.5 Å². The van der Waals surface area contributed by atoms with E-state index in [0.29, 0.717) is 16.5 Å². The zero-order chi connectivity index (χ0) is 21.1. The third kappa shape index (κ3) is 4.84. The van der Waals surface area contributed by atoms with Crippen molar-refractivity contribution in [3.05, 3.63) is 64.5 Å². The normalized spacial score (nSPS) is 10.9. The van der Waals surface area contributed by atoms with Crippen molar-refractivity contribution in [2.24, 2.45) is 0 Å². The maximum atomic E-state index is 13.9. The van der Waals surface area contributed by atoms with Gasteiger partial charge in [0.15, 0.2) is 5.13 Å². The van der Waals surface area contributed by atoms with Crippen molar-refractivity contribution in [2.75, 3.05) is 11.1 Å². The van der Waals surface area contributed by atoms with Crippen LogP contribution < -0.4 is 5.32 Å². The van der Waals surface area contributed by atoms with Gasteiger partial charge in [0.05, 0.1) is 11.4 Å². The third-order valence-corrected chi connectivity index (χ3v) is 5.61. The zero-order valence-electron chi connectivity index (χ0n) is 14.9. The molecule has 0 atom stereocenters. The smallest absolute Gasteiger partial charge is 0.277 e. The van der Waals surface area contributed by atoms with E-state index in [-0.39, 0.29) is 33.3 Å². The van der Waals surface area contributed by atoms with Gasteiger partial charge in [0, 0.05) is 21.5 Å². The molecule has 0 aliphatic carbocycles. The molecule has 2 aromatic carbocycles. The maximum Gasteiger partial charge on any atom is 0.277 e. The Balaban J connectivity index is 1.35. The quantitative estimate of drug-likeness (QED) is 0.378. The second-order valence-corrected chi connectivity index (χ2v) is 8.10. The Bertz CT molecular complexity index is 1200. The molecule has 0 unspecified atom stereocenters. The van der Waals surface area contributed by atoms with Gasteiger partial charge in [0.2, 0.25) is 11.8 Å².